The van der Waals surface area contributed by atoms with Gasteiger partial charge in [0.25, 0.3) is 0 Å². The van der Waals surface area contributed by atoms with Gasteiger partial charge in [0.2, 0.25) is 11.8 Å². The molecule has 1 unspecified atom stereocenters. The first kappa shape index (κ1) is 17.9. The fourth-order valence-corrected chi connectivity index (χ4v) is 1.96. The second kappa shape index (κ2) is 7.77. The number of ether oxygens (including phenoxy) is 1. The van der Waals surface area contributed by atoms with Crippen LogP contribution in [0.15, 0.2) is 10.6 Å². The highest BCUT2D eigenvalue weighted by Crippen LogP contribution is 2.22. The molecule has 1 aliphatic heterocycles. The summed E-state index contributed by atoms with van der Waals surface area (Å²) < 4.78 is 10.9. The Balaban J connectivity index is 0.00000220. The third-order valence-corrected chi connectivity index (χ3v) is 3.16. The van der Waals surface area contributed by atoms with Gasteiger partial charge in [-0.05, 0) is 0 Å². The lowest BCUT2D eigenvalue weighted by molar-refractivity contribution is -0.122. The largest absolute Gasteiger partial charge is 0.443 e. The summed E-state index contributed by atoms with van der Waals surface area (Å²) in [7, 11) is 0. The molecule has 6 nitrogen and oxygen atoms in total. The molecule has 1 aromatic rings. The van der Waals surface area contributed by atoms with Gasteiger partial charge >= 0.3 is 0 Å². The maximum Gasteiger partial charge on any atom is 0.222 e. The molecule has 7 heteroatoms. The SMILES string of the molecule is CC(C)(C)c1cnc(CNC(=O)CC2COCCN2)o1.Cl. The minimum atomic E-state index is -0.0708. The van der Waals surface area contributed by atoms with Gasteiger partial charge in [-0.15, -0.1) is 12.4 Å². The van der Waals surface area contributed by atoms with Crippen LogP contribution in [0.2, 0.25) is 0 Å². The van der Waals surface area contributed by atoms with E-state index in [1.807, 2.05) is 0 Å². The maximum atomic E-state index is 11.8. The van der Waals surface area contributed by atoms with Crippen molar-refractivity contribution in [1.29, 1.82) is 0 Å². The predicted octanol–water partition coefficient (Wildman–Crippen LogP) is 1.39. The van der Waals surface area contributed by atoms with E-state index in [0.29, 0.717) is 32.1 Å². The summed E-state index contributed by atoms with van der Waals surface area (Å²) in [5.41, 5.74) is -0.0708. The van der Waals surface area contributed by atoms with Gasteiger partial charge in [-0.3, -0.25) is 4.79 Å². The van der Waals surface area contributed by atoms with E-state index in [4.69, 9.17) is 9.15 Å². The Hall–Kier alpha value is -1.11. The van der Waals surface area contributed by atoms with Gasteiger partial charge in [-0.1, -0.05) is 20.8 Å². The van der Waals surface area contributed by atoms with E-state index in [1.54, 1.807) is 6.20 Å². The van der Waals surface area contributed by atoms with Gasteiger partial charge in [0.05, 0.1) is 26.0 Å². The number of amides is 1. The van der Waals surface area contributed by atoms with E-state index in [0.717, 1.165) is 12.3 Å². The van der Waals surface area contributed by atoms with Crippen LogP contribution in [0.4, 0.5) is 0 Å². The number of carbonyl (C=O) groups excluding carboxylic acids is 1. The maximum absolute atomic E-state index is 11.8. The Morgan fingerprint density at radius 2 is 2.29 bits per heavy atom. The van der Waals surface area contributed by atoms with E-state index >= 15 is 0 Å². The van der Waals surface area contributed by atoms with Crippen LogP contribution in [0.5, 0.6) is 0 Å². The first-order valence-corrected chi connectivity index (χ1v) is 6.98. The van der Waals surface area contributed by atoms with Crippen molar-refractivity contribution >= 4 is 18.3 Å². The van der Waals surface area contributed by atoms with Crippen LogP contribution in [0.1, 0.15) is 38.8 Å². The number of rotatable bonds is 4. The third-order valence-electron chi connectivity index (χ3n) is 3.16. The highest BCUT2D eigenvalue weighted by Gasteiger charge is 2.20. The van der Waals surface area contributed by atoms with E-state index in [1.165, 1.54) is 0 Å². The molecule has 2 rings (SSSR count). The monoisotopic (exact) mass is 317 g/mol. The number of nitrogens with one attached hydrogen (secondary N) is 2. The summed E-state index contributed by atoms with van der Waals surface area (Å²) in [5.74, 6) is 1.34. The third kappa shape index (κ3) is 5.65. The van der Waals surface area contributed by atoms with E-state index in [-0.39, 0.29) is 29.8 Å². The van der Waals surface area contributed by atoms with Crippen LogP contribution in [-0.2, 0) is 21.5 Å². The molecule has 0 spiro atoms. The zero-order chi connectivity index (χ0) is 14.6. The molecule has 0 saturated carbocycles. The van der Waals surface area contributed by atoms with Gasteiger partial charge in [0.1, 0.15) is 5.76 Å². The topological polar surface area (TPSA) is 76.4 Å². The molecule has 21 heavy (non-hydrogen) atoms. The van der Waals surface area contributed by atoms with E-state index < -0.39 is 0 Å². The van der Waals surface area contributed by atoms with Crippen molar-refractivity contribution in [2.24, 2.45) is 0 Å². The van der Waals surface area contributed by atoms with Crippen LogP contribution in [0, 0.1) is 0 Å². The molecule has 0 bridgehead atoms. The van der Waals surface area contributed by atoms with Crippen molar-refractivity contribution in [1.82, 2.24) is 15.6 Å². The Labute approximate surface area is 131 Å². The molecular formula is C14H24ClN3O3. The smallest absolute Gasteiger partial charge is 0.222 e. The number of morpholine rings is 1. The van der Waals surface area contributed by atoms with Crippen molar-refractivity contribution in [2.75, 3.05) is 19.8 Å². The summed E-state index contributed by atoms with van der Waals surface area (Å²) in [6, 6.07) is 0.0958. The normalized spacial score (nSPS) is 18.9. The van der Waals surface area contributed by atoms with Crippen molar-refractivity contribution in [2.45, 2.75) is 45.2 Å². The summed E-state index contributed by atoms with van der Waals surface area (Å²) in [6.45, 7) is 8.60. The Bertz CT molecular complexity index is 451. The zero-order valence-corrected chi connectivity index (χ0v) is 13.6. The van der Waals surface area contributed by atoms with E-state index in [2.05, 4.69) is 36.4 Å². The minimum absolute atomic E-state index is 0. The number of hydrogen-bond acceptors (Lipinski definition) is 5. The van der Waals surface area contributed by atoms with Crippen molar-refractivity contribution in [3.05, 3.63) is 17.8 Å². The van der Waals surface area contributed by atoms with Crippen LogP contribution in [0.3, 0.4) is 0 Å². The Morgan fingerprint density at radius 3 is 2.86 bits per heavy atom. The molecule has 0 aliphatic carbocycles. The molecule has 0 radical (unpaired) electrons. The second-order valence-electron chi connectivity index (χ2n) is 6.08. The quantitative estimate of drug-likeness (QED) is 0.877. The zero-order valence-electron chi connectivity index (χ0n) is 12.8. The summed E-state index contributed by atoms with van der Waals surface area (Å²) in [5, 5.41) is 6.07. The highest BCUT2D eigenvalue weighted by atomic mass is 35.5. The van der Waals surface area contributed by atoms with Crippen LogP contribution >= 0.6 is 12.4 Å². The molecule has 120 valence electrons. The fraction of sp³-hybridized carbons (Fsp3) is 0.714. The highest BCUT2D eigenvalue weighted by molar-refractivity contribution is 5.85. The molecule has 1 fully saturated rings. The summed E-state index contributed by atoms with van der Waals surface area (Å²) in [4.78, 5) is 16.0. The molecule has 1 aliphatic rings. The van der Waals surface area contributed by atoms with Crippen LogP contribution < -0.4 is 10.6 Å². The summed E-state index contributed by atoms with van der Waals surface area (Å²) >= 11 is 0. The van der Waals surface area contributed by atoms with Gasteiger partial charge in [0, 0.05) is 24.4 Å². The first-order valence-electron chi connectivity index (χ1n) is 6.98. The lowest BCUT2D eigenvalue weighted by Crippen LogP contribution is -2.44. The molecule has 1 atom stereocenters. The van der Waals surface area contributed by atoms with Gasteiger partial charge in [-0.25, -0.2) is 4.98 Å². The molecule has 1 amide bonds. The van der Waals surface area contributed by atoms with Crippen LogP contribution in [0.25, 0.3) is 0 Å². The van der Waals surface area contributed by atoms with Crippen molar-refractivity contribution < 1.29 is 13.9 Å². The average Bonchev–Trinajstić information content (AvgIpc) is 2.86. The second-order valence-corrected chi connectivity index (χ2v) is 6.08. The molecule has 0 aromatic carbocycles. The molecule has 1 saturated heterocycles. The fourth-order valence-electron chi connectivity index (χ4n) is 1.96. The van der Waals surface area contributed by atoms with Gasteiger partial charge < -0.3 is 19.8 Å². The van der Waals surface area contributed by atoms with Crippen molar-refractivity contribution in [3.8, 4) is 0 Å². The van der Waals surface area contributed by atoms with Crippen molar-refractivity contribution in [3.63, 3.8) is 0 Å². The number of halogens is 1. The van der Waals surface area contributed by atoms with Crippen LogP contribution in [-0.4, -0.2) is 36.7 Å². The van der Waals surface area contributed by atoms with Gasteiger partial charge in [0.15, 0.2) is 0 Å². The Kier molecular flexibility index (Phi) is 6.64. The molecule has 2 N–H and O–H groups in total. The number of aromatic nitrogens is 1. The molecule has 2 heterocycles. The number of oxazole rings is 1. The minimum Gasteiger partial charge on any atom is -0.443 e. The van der Waals surface area contributed by atoms with E-state index in [9.17, 15) is 4.79 Å². The lowest BCUT2D eigenvalue weighted by atomic mass is 9.94. The number of carbonyl (C=O) groups is 1. The first-order chi connectivity index (χ1) is 9.45. The molecule has 1 aromatic heterocycles. The Morgan fingerprint density at radius 1 is 1.52 bits per heavy atom. The standard InChI is InChI=1S/C14H23N3O3.ClH/c1-14(2,3)11-7-17-13(20-11)8-16-12(18)6-10-9-19-5-4-15-10;/h7,10,15H,4-6,8-9H2,1-3H3,(H,16,18);1H. The summed E-state index contributed by atoms with van der Waals surface area (Å²) in [6.07, 6.45) is 2.13. The predicted molar refractivity (Wildman–Crippen MR) is 81.5 cm³/mol. The average molecular weight is 318 g/mol. The van der Waals surface area contributed by atoms with Gasteiger partial charge in [-0.2, -0.15) is 0 Å². The lowest BCUT2D eigenvalue weighted by Gasteiger charge is -2.23. The number of hydrogen-bond donors (Lipinski definition) is 2. The number of nitrogens with zero attached hydrogens (tertiary/aromatic N) is 1. The molecular weight excluding hydrogens is 294 g/mol.